The number of aromatic nitrogens is 1. The molecule has 0 fully saturated rings. The van der Waals surface area contributed by atoms with Crippen molar-refractivity contribution in [2.24, 2.45) is 10.7 Å². The van der Waals surface area contributed by atoms with Gasteiger partial charge in [0.1, 0.15) is 17.3 Å². The number of amidine groups is 1. The van der Waals surface area contributed by atoms with Crippen molar-refractivity contribution in [2.75, 3.05) is 11.1 Å². The molecule has 2 amide bonds. The van der Waals surface area contributed by atoms with Crippen molar-refractivity contribution in [3.8, 4) is 17.6 Å². The summed E-state index contributed by atoms with van der Waals surface area (Å²) in [6.45, 7) is 3.60. The molecule has 0 unspecified atom stereocenters. The second kappa shape index (κ2) is 11.3. The van der Waals surface area contributed by atoms with Crippen LogP contribution < -0.4 is 21.5 Å². The average molecular weight is 519 g/mol. The summed E-state index contributed by atoms with van der Waals surface area (Å²) in [5.41, 5.74) is 14.2. The first-order chi connectivity index (χ1) is 18.7. The lowest BCUT2D eigenvalue weighted by atomic mass is 9.85. The number of carbonyl (C=O) groups is 2. The molecule has 3 aromatic carbocycles. The van der Waals surface area contributed by atoms with Crippen LogP contribution in [0.15, 0.2) is 96.2 Å². The fourth-order valence-corrected chi connectivity index (χ4v) is 3.65. The fourth-order valence-electron chi connectivity index (χ4n) is 3.65. The van der Waals surface area contributed by atoms with Crippen LogP contribution in [0.3, 0.4) is 0 Å². The van der Waals surface area contributed by atoms with Crippen molar-refractivity contribution in [1.82, 2.24) is 4.98 Å². The molecular weight excluding hydrogens is 492 g/mol. The van der Waals surface area contributed by atoms with Crippen LogP contribution in [-0.2, 0) is 5.41 Å². The van der Waals surface area contributed by atoms with Crippen LogP contribution in [0.4, 0.5) is 11.4 Å². The van der Waals surface area contributed by atoms with E-state index in [4.69, 9.17) is 16.2 Å². The monoisotopic (exact) mass is 518 g/mol. The number of nitrogen functional groups attached to an aromatic ring is 1. The molecule has 9 heteroatoms. The van der Waals surface area contributed by atoms with E-state index in [0.717, 1.165) is 5.56 Å². The highest BCUT2D eigenvalue weighted by Gasteiger charge is 2.21. The Morgan fingerprint density at radius 1 is 0.974 bits per heavy atom. The van der Waals surface area contributed by atoms with Crippen LogP contribution >= 0.6 is 0 Å². The van der Waals surface area contributed by atoms with Crippen molar-refractivity contribution >= 4 is 29.0 Å². The zero-order valence-corrected chi connectivity index (χ0v) is 21.4. The highest BCUT2D eigenvalue weighted by molar-refractivity contribution is 6.10. The van der Waals surface area contributed by atoms with Crippen LogP contribution in [0, 0.1) is 11.3 Å². The number of nitrogens with zero attached hydrogens (tertiary/aromatic N) is 3. The summed E-state index contributed by atoms with van der Waals surface area (Å²) in [6.07, 6.45) is 2.96. The van der Waals surface area contributed by atoms with Gasteiger partial charge in [-0.15, -0.1) is 0 Å². The molecule has 0 aliphatic heterocycles. The minimum absolute atomic E-state index is 0.0279. The largest absolute Gasteiger partial charge is 0.457 e. The maximum Gasteiger partial charge on any atom is 0.280 e. The Kier molecular flexibility index (Phi) is 7.68. The first-order valence-electron chi connectivity index (χ1n) is 12.0. The molecule has 5 N–H and O–H groups in total. The van der Waals surface area contributed by atoms with Crippen molar-refractivity contribution < 1.29 is 14.3 Å². The van der Waals surface area contributed by atoms with Gasteiger partial charge in [0.05, 0.1) is 17.0 Å². The molecule has 1 heterocycles. The molecule has 0 aliphatic rings. The number of amides is 2. The van der Waals surface area contributed by atoms with Gasteiger partial charge in [0.15, 0.2) is 0 Å². The topological polar surface area (TPSA) is 156 Å². The number of rotatable bonds is 7. The van der Waals surface area contributed by atoms with E-state index in [9.17, 15) is 14.9 Å². The fraction of sp³-hybridized carbons (Fsp3) is 0.100. The van der Waals surface area contributed by atoms with Crippen molar-refractivity contribution in [3.05, 3.63) is 114 Å². The molecule has 0 saturated carbocycles. The third kappa shape index (κ3) is 6.45. The van der Waals surface area contributed by atoms with E-state index in [0.29, 0.717) is 33.9 Å². The number of aliphatic imine (C=N–C) groups is 1. The summed E-state index contributed by atoms with van der Waals surface area (Å²) >= 11 is 0. The minimum Gasteiger partial charge on any atom is -0.457 e. The van der Waals surface area contributed by atoms with Gasteiger partial charge < -0.3 is 21.5 Å². The highest BCUT2D eigenvalue weighted by Crippen LogP contribution is 2.28. The molecule has 0 aliphatic carbocycles. The van der Waals surface area contributed by atoms with Gasteiger partial charge in [-0.25, -0.2) is 0 Å². The normalized spacial score (nSPS) is 11.4. The molecule has 0 saturated heterocycles. The van der Waals surface area contributed by atoms with Crippen molar-refractivity contribution in [1.29, 1.82) is 5.26 Å². The van der Waals surface area contributed by atoms with Crippen LogP contribution in [0.2, 0.25) is 0 Å². The first-order valence-corrected chi connectivity index (χ1v) is 12.0. The average Bonchev–Trinajstić information content (AvgIpc) is 2.93. The predicted molar refractivity (Wildman–Crippen MR) is 150 cm³/mol. The third-order valence-electron chi connectivity index (χ3n) is 5.88. The number of ether oxygens (including phenoxy) is 1. The maximum atomic E-state index is 12.9. The quantitative estimate of drug-likeness (QED) is 0.175. The molecule has 4 aromatic rings. The molecule has 1 aromatic heterocycles. The summed E-state index contributed by atoms with van der Waals surface area (Å²) in [5, 5.41) is 12.3. The Labute approximate surface area is 225 Å². The number of nitrogens with two attached hydrogens (primary N) is 2. The Hall–Kier alpha value is -5.49. The second-order valence-electron chi connectivity index (χ2n) is 9.19. The van der Waals surface area contributed by atoms with Gasteiger partial charge in [0, 0.05) is 47.0 Å². The number of pyridine rings is 1. The van der Waals surface area contributed by atoms with Crippen molar-refractivity contribution in [2.45, 2.75) is 19.3 Å². The Balaban J connectivity index is 1.46. The lowest BCUT2D eigenvalue weighted by Crippen LogP contribution is -2.17. The van der Waals surface area contributed by atoms with E-state index in [-0.39, 0.29) is 17.4 Å². The predicted octanol–water partition coefficient (Wildman–Crippen LogP) is 5.06. The Bertz CT molecular complexity index is 1610. The van der Waals surface area contributed by atoms with Crippen LogP contribution in [0.5, 0.6) is 11.5 Å². The van der Waals surface area contributed by atoms with Gasteiger partial charge >= 0.3 is 0 Å². The van der Waals surface area contributed by atoms with E-state index >= 15 is 0 Å². The van der Waals surface area contributed by atoms with E-state index in [1.165, 1.54) is 6.20 Å². The number of nitriles is 1. The summed E-state index contributed by atoms with van der Waals surface area (Å²) < 4.78 is 5.93. The molecular formula is C30H26N6O3. The third-order valence-corrected chi connectivity index (χ3v) is 5.88. The van der Waals surface area contributed by atoms with Crippen LogP contribution in [0.1, 0.15) is 45.7 Å². The van der Waals surface area contributed by atoms with E-state index < -0.39 is 11.3 Å². The number of carbonyl (C=O) groups excluding carboxylic acids is 2. The lowest BCUT2D eigenvalue weighted by Gasteiger charge is -2.16. The molecule has 4 rings (SSSR count). The summed E-state index contributed by atoms with van der Waals surface area (Å²) in [5.74, 6) is 0.0247. The number of anilines is 2. The molecule has 0 atom stereocenters. The van der Waals surface area contributed by atoms with Crippen LogP contribution in [-0.4, -0.2) is 22.6 Å². The molecule has 0 spiro atoms. The number of benzene rings is 3. The summed E-state index contributed by atoms with van der Waals surface area (Å²) in [7, 11) is 0. The zero-order chi connectivity index (χ0) is 28.0. The second-order valence-corrected chi connectivity index (χ2v) is 9.19. The van der Waals surface area contributed by atoms with Gasteiger partial charge in [-0.2, -0.15) is 10.3 Å². The molecule has 0 bridgehead atoms. The Morgan fingerprint density at radius 3 is 2.44 bits per heavy atom. The zero-order valence-electron chi connectivity index (χ0n) is 21.4. The number of nitrogens with one attached hydrogen (secondary N) is 1. The van der Waals surface area contributed by atoms with Gasteiger partial charge in [-0.1, -0.05) is 18.2 Å². The van der Waals surface area contributed by atoms with Gasteiger partial charge in [-0.05, 0) is 67.9 Å². The molecule has 39 heavy (non-hydrogen) atoms. The van der Waals surface area contributed by atoms with Crippen molar-refractivity contribution in [3.63, 3.8) is 0 Å². The SMILES string of the molecule is CC(C)(C#N)c1cccc(C(=O)Nc2cccc(Oc3ccc(C(N)=NC(=O)c4cccnc4)c(N)c3)c2)c1. The highest BCUT2D eigenvalue weighted by atomic mass is 16.5. The van der Waals surface area contributed by atoms with E-state index in [2.05, 4.69) is 21.4 Å². The van der Waals surface area contributed by atoms with Gasteiger partial charge in [-0.3, -0.25) is 14.6 Å². The smallest absolute Gasteiger partial charge is 0.280 e. The van der Waals surface area contributed by atoms with Crippen LogP contribution in [0.25, 0.3) is 0 Å². The van der Waals surface area contributed by atoms with Gasteiger partial charge in [0.2, 0.25) is 0 Å². The lowest BCUT2D eigenvalue weighted by molar-refractivity contribution is 0.0999. The molecule has 194 valence electrons. The minimum atomic E-state index is -0.715. The number of hydrogen-bond donors (Lipinski definition) is 3. The first kappa shape index (κ1) is 26.6. The summed E-state index contributed by atoms with van der Waals surface area (Å²) in [4.78, 5) is 33.0. The maximum absolute atomic E-state index is 12.9. The van der Waals surface area contributed by atoms with Gasteiger partial charge in [0.25, 0.3) is 11.8 Å². The molecule has 0 radical (unpaired) electrons. The number of hydrogen-bond acceptors (Lipinski definition) is 6. The van der Waals surface area contributed by atoms with E-state index in [1.807, 2.05) is 6.07 Å². The standard InChI is InChI=1S/C30H26N6O3/c1-30(2,18-31)21-8-3-6-19(14-21)28(37)35-22-9-4-10-23(15-22)39-24-11-12-25(26(32)16-24)27(33)36-29(38)20-7-5-13-34-17-20/h3-17H,32H2,1-2H3,(H,35,37)(H2,33,36,38). The Morgan fingerprint density at radius 2 is 1.72 bits per heavy atom. The summed E-state index contributed by atoms with van der Waals surface area (Å²) in [6, 6.07) is 24.2. The molecule has 9 nitrogen and oxygen atoms in total. The van der Waals surface area contributed by atoms with E-state index in [1.54, 1.807) is 92.8 Å².